The fourth-order valence-electron chi connectivity index (χ4n) is 3.55. The lowest BCUT2D eigenvalue weighted by Crippen LogP contribution is -2.35. The van der Waals surface area contributed by atoms with Crippen LogP contribution in [0.2, 0.25) is 5.02 Å². The molecule has 0 saturated carbocycles. The van der Waals surface area contributed by atoms with Gasteiger partial charge in [0.1, 0.15) is 0 Å². The van der Waals surface area contributed by atoms with Crippen LogP contribution in [-0.4, -0.2) is 28.2 Å². The summed E-state index contributed by atoms with van der Waals surface area (Å²) in [6, 6.07) is 8.78. The number of benzene rings is 1. The molecule has 1 aromatic carbocycles. The second-order valence-electron chi connectivity index (χ2n) is 6.01. The fourth-order valence-corrected chi connectivity index (χ4v) is 3.80. The van der Waals surface area contributed by atoms with Gasteiger partial charge in [-0.1, -0.05) is 23.7 Å². The molecule has 0 bridgehead atoms. The Balaban J connectivity index is 1.65. The number of hydrogen-bond donors (Lipinski definition) is 0. The van der Waals surface area contributed by atoms with Gasteiger partial charge in [0.15, 0.2) is 0 Å². The monoisotopic (exact) mass is 326 g/mol. The topological polar surface area (TPSA) is 50.3 Å². The maximum Gasteiger partial charge on any atom is 0.261 e. The molecule has 1 atom stereocenters. The molecule has 23 heavy (non-hydrogen) atoms. The number of imide groups is 1. The number of fused-ring (bicyclic) bond motifs is 2. The Kier molecular flexibility index (Phi) is 3.42. The molecule has 5 heteroatoms. The molecule has 2 amide bonds. The molecule has 0 fully saturated rings. The summed E-state index contributed by atoms with van der Waals surface area (Å²) in [5, 5.41) is 0.724. The molecule has 4 nitrogen and oxygen atoms in total. The summed E-state index contributed by atoms with van der Waals surface area (Å²) in [6.45, 7) is 0.368. The van der Waals surface area contributed by atoms with E-state index in [4.69, 9.17) is 11.6 Å². The predicted molar refractivity (Wildman–Crippen MR) is 86.7 cm³/mol. The maximum atomic E-state index is 12.5. The minimum atomic E-state index is -0.209. The smallest absolute Gasteiger partial charge is 0.261 e. The summed E-state index contributed by atoms with van der Waals surface area (Å²) < 4.78 is 0. The lowest BCUT2D eigenvalue weighted by Gasteiger charge is -2.28. The minimum absolute atomic E-state index is 0.0552. The van der Waals surface area contributed by atoms with Crippen molar-refractivity contribution in [1.82, 2.24) is 9.88 Å². The highest BCUT2D eigenvalue weighted by atomic mass is 35.5. The van der Waals surface area contributed by atoms with E-state index in [1.54, 1.807) is 36.5 Å². The first-order valence-electron chi connectivity index (χ1n) is 7.75. The Morgan fingerprint density at radius 3 is 2.52 bits per heavy atom. The van der Waals surface area contributed by atoms with Crippen molar-refractivity contribution in [3.8, 4) is 0 Å². The Bertz CT molecular complexity index is 783. The maximum absolute atomic E-state index is 12.5. The number of nitrogens with zero attached hydrogens (tertiary/aromatic N) is 2. The van der Waals surface area contributed by atoms with E-state index in [9.17, 15) is 9.59 Å². The van der Waals surface area contributed by atoms with Gasteiger partial charge in [0, 0.05) is 29.4 Å². The van der Waals surface area contributed by atoms with Gasteiger partial charge in [0.25, 0.3) is 11.8 Å². The number of aromatic nitrogens is 1. The average Bonchev–Trinajstić information content (AvgIpc) is 2.81. The summed E-state index contributed by atoms with van der Waals surface area (Å²) in [7, 11) is 0. The molecule has 0 saturated heterocycles. The van der Waals surface area contributed by atoms with Crippen molar-refractivity contribution in [3.05, 3.63) is 63.9 Å². The quantitative estimate of drug-likeness (QED) is 0.794. The van der Waals surface area contributed by atoms with E-state index in [0.29, 0.717) is 17.7 Å². The van der Waals surface area contributed by atoms with E-state index in [1.807, 2.05) is 0 Å². The van der Waals surface area contributed by atoms with Gasteiger partial charge in [-0.15, -0.1) is 0 Å². The molecule has 2 aromatic rings. The SMILES string of the molecule is O=C1c2ccccc2C(=O)N1C[C@H]1CCCc2c(Cl)ccnc21. The van der Waals surface area contributed by atoms with Crippen LogP contribution in [0.1, 0.15) is 50.7 Å². The van der Waals surface area contributed by atoms with Gasteiger partial charge >= 0.3 is 0 Å². The Morgan fingerprint density at radius 1 is 1.13 bits per heavy atom. The normalized spacial score (nSPS) is 19.7. The summed E-state index contributed by atoms with van der Waals surface area (Å²) in [5.74, 6) is -0.362. The first kappa shape index (κ1) is 14.4. The van der Waals surface area contributed by atoms with Crippen LogP contribution in [-0.2, 0) is 6.42 Å². The summed E-state index contributed by atoms with van der Waals surface area (Å²) in [5.41, 5.74) is 2.97. The van der Waals surface area contributed by atoms with Crippen LogP contribution in [0, 0.1) is 0 Å². The van der Waals surface area contributed by atoms with Crippen LogP contribution < -0.4 is 0 Å². The molecule has 116 valence electrons. The van der Waals surface area contributed by atoms with Gasteiger partial charge in [-0.25, -0.2) is 0 Å². The molecular formula is C18H15ClN2O2. The highest BCUT2D eigenvalue weighted by molar-refractivity contribution is 6.31. The Hall–Kier alpha value is -2.20. The van der Waals surface area contributed by atoms with Crippen molar-refractivity contribution in [2.24, 2.45) is 0 Å². The number of carbonyl (C=O) groups excluding carboxylic acids is 2. The standard InChI is InChI=1S/C18H15ClN2O2/c19-15-8-9-20-16-11(4-3-7-14(15)16)10-21-17(22)12-5-1-2-6-13(12)18(21)23/h1-2,5-6,8-9,11H,3-4,7,10H2/t11-/m1/s1. The largest absolute Gasteiger partial charge is 0.274 e. The zero-order valence-electron chi connectivity index (χ0n) is 12.5. The third-order valence-electron chi connectivity index (χ3n) is 4.68. The molecule has 1 aliphatic heterocycles. The molecule has 2 aliphatic rings. The van der Waals surface area contributed by atoms with Gasteiger partial charge in [-0.2, -0.15) is 0 Å². The van der Waals surface area contributed by atoms with Crippen molar-refractivity contribution in [3.63, 3.8) is 0 Å². The van der Waals surface area contributed by atoms with Gasteiger partial charge in [-0.3, -0.25) is 19.5 Å². The highest BCUT2D eigenvalue weighted by Crippen LogP contribution is 2.35. The molecule has 0 spiro atoms. The molecule has 4 rings (SSSR count). The second kappa shape index (κ2) is 5.46. The number of halogens is 1. The number of carbonyl (C=O) groups is 2. The van der Waals surface area contributed by atoms with Crippen molar-refractivity contribution < 1.29 is 9.59 Å². The average molecular weight is 327 g/mol. The molecule has 1 aliphatic carbocycles. The Labute approximate surface area is 139 Å². The first-order valence-corrected chi connectivity index (χ1v) is 8.13. The minimum Gasteiger partial charge on any atom is -0.274 e. The zero-order chi connectivity index (χ0) is 16.0. The van der Waals surface area contributed by atoms with E-state index in [0.717, 1.165) is 35.5 Å². The number of amides is 2. The lowest BCUT2D eigenvalue weighted by atomic mass is 9.86. The zero-order valence-corrected chi connectivity index (χ0v) is 13.2. The third-order valence-corrected chi connectivity index (χ3v) is 5.03. The predicted octanol–water partition coefficient (Wildman–Crippen LogP) is 3.45. The summed E-state index contributed by atoms with van der Waals surface area (Å²) in [4.78, 5) is 30.9. The van der Waals surface area contributed by atoms with Crippen molar-refractivity contribution in [2.45, 2.75) is 25.2 Å². The van der Waals surface area contributed by atoms with Crippen LogP contribution in [0.5, 0.6) is 0 Å². The van der Waals surface area contributed by atoms with Gasteiger partial charge in [-0.05, 0) is 43.0 Å². The van der Waals surface area contributed by atoms with E-state index in [-0.39, 0.29) is 17.7 Å². The van der Waals surface area contributed by atoms with Crippen LogP contribution in [0.4, 0.5) is 0 Å². The highest BCUT2D eigenvalue weighted by Gasteiger charge is 2.37. The molecule has 0 radical (unpaired) electrons. The van der Waals surface area contributed by atoms with E-state index in [2.05, 4.69) is 4.98 Å². The summed E-state index contributed by atoms with van der Waals surface area (Å²) in [6.07, 6.45) is 4.50. The molecule has 1 aromatic heterocycles. The molecule has 0 unspecified atom stereocenters. The molecular weight excluding hydrogens is 312 g/mol. The van der Waals surface area contributed by atoms with Gasteiger partial charge in [0.05, 0.1) is 11.1 Å². The number of hydrogen-bond acceptors (Lipinski definition) is 3. The van der Waals surface area contributed by atoms with E-state index < -0.39 is 0 Å². The van der Waals surface area contributed by atoms with E-state index >= 15 is 0 Å². The van der Waals surface area contributed by atoms with Crippen LogP contribution in [0.15, 0.2) is 36.5 Å². The summed E-state index contributed by atoms with van der Waals surface area (Å²) >= 11 is 6.27. The van der Waals surface area contributed by atoms with Crippen molar-refractivity contribution in [1.29, 1.82) is 0 Å². The van der Waals surface area contributed by atoms with Crippen LogP contribution >= 0.6 is 11.6 Å². The van der Waals surface area contributed by atoms with Crippen molar-refractivity contribution in [2.75, 3.05) is 6.54 Å². The third kappa shape index (κ3) is 2.25. The number of pyridine rings is 1. The van der Waals surface area contributed by atoms with Crippen LogP contribution in [0.25, 0.3) is 0 Å². The van der Waals surface area contributed by atoms with E-state index in [1.165, 1.54) is 4.90 Å². The molecule has 2 heterocycles. The van der Waals surface area contributed by atoms with Gasteiger partial charge in [0.2, 0.25) is 0 Å². The lowest BCUT2D eigenvalue weighted by molar-refractivity contribution is 0.0640. The number of rotatable bonds is 2. The Morgan fingerprint density at radius 2 is 1.83 bits per heavy atom. The van der Waals surface area contributed by atoms with Gasteiger partial charge < -0.3 is 0 Å². The first-order chi connectivity index (χ1) is 11.2. The second-order valence-corrected chi connectivity index (χ2v) is 6.42. The van der Waals surface area contributed by atoms with Crippen molar-refractivity contribution >= 4 is 23.4 Å². The molecule has 0 N–H and O–H groups in total. The van der Waals surface area contributed by atoms with Crippen LogP contribution in [0.3, 0.4) is 0 Å². The fraction of sp³-hybridized carbons (Fsp3) is 0.278.